The van der Waals surface area contributed by atoms with Gasteiger partial charge in [0.05, 0.1) is 13.2 Å². The number of nitrogens with two attached hydrogens (primary N) is 1. The second-order valence-electron chi connectivity index (χ2n) is 6.96. The molecule has 0 fully saturated rings. The number of hydrogen-bond acceptors (Lipinski definition) is 3. The summed E-state index contributed by atoms with van der Waals surface area (Å²) >= 11 is 0. The van der Waals surface area contributed by atoms with E-state index in [0.29, 0.717) is 5.92 Å². The molecule has 0 heterocycles. The Morgan fingerprint density at radius 1 is 1.18 bits per heavy atom. The maximum Gasteiger partial charge on any atom is 0.119 e. The summed E-state index contributed by atoms with van der Waals surface area (Å²) in [6, 6.07) is 6.39. The number of unbranched alkanes of at least 4 members (excludes halogenated alkanes) is 4. The van der Waals surface area contributed by atoms with Crippen LogP contribution in [0.25, 0.3) is 0 Å². The number of fused-ring (bicyclic) bond motifs is 1. The minimum absolute atomic E-state index is 0.0345. The highest BCUT2D eigenvalue weighted by atomic mass is 16.5. The molecular weight excluding hydrogens is 274 g/mol. The molecule has 1 aliphatic rings. The summed E-state index contributed by atoms with van der Waals surface area (Å²) in [6.07, 6.45) is 8.19. The average molecular weight is 305 g/mol. The average Bonchev–Trinajstić information content (AvgIpc) is 2.95. The van der Waals surface area contributed by atoms with Crippen LogP contribution < -0.4 is 10.5 Å². The third kappa shape index (κ3) is 4.47. The van der Waals surface area contributed by atoms with E-state index in [1.807, 2.05) is 6.92 Å². The van der Waals surface area contributed by atoms with E-state index in [0.717, 1.165) is 31.6 Å². The maximum absolute atomic E-state index is 9.44. The van der Waals surface area contributed by atoms with Crippen LogP contribution in [0.1, 0.15) is 57.1 Å². The fraction of sp³-hybridized carbons (Fsp3) is 0.684. The first-order chi connectivity index (χ1) is 10.6. The van der Waals surface area contributed by atoms with Gasteiger partial charge in [0.15, 0.2) is 0 Å². The van der Waals surface area contributed by atoms with E-state index in [9.17, 15) is 5.11 Å². The van der Waals surface area contributed by atoms with Gasteiger partial charge in [-0.15, -0.1) is 0 Å². The van der Waals surface area contributed by atoms with Gasteiger partial charge < -0.3 is 15.6 Å². The Hall–Kier alpha value is -1.06. The first-order valence-electron chi connectivity index (χ1n) is 8.71. The van der Waals surface area contributed by atoms with Crippen molar-refractivity contribution < 1.29 is 9.84 Å². The molecule has 0 bridgehead atoms. The normalized spacial score (nSPS) is 19.7. The van der Waals surface area contributed by atoms with Crippen molar-refractivity contribution in [3.8, 4) is 5.75 Å². The molecule has 0 radical (unpaired) electrons. The Morgan fingerprint density at radius 2 is 1.91 bits per heavy atom. The van der Waals surface area contributed by atoms with E-state index in [4.69, 9.17) is 10.5 Å². The fourth-order valence-corrected chi connectivity index (χ4v) is 3.18. The fourth-order valence-electron chi connectivity index (χ4n) is 3.18. The predicted molar refractivity (Wildman–Crippen MR) is 91.3 cm³/mol. The molecule has 1 aliphatic carbocycles. The molecule has 0 aliphatic heterocycles. The first kappa shape index (κ1) is 17.3. The van der Waals surface area contributed by atoms with Crippen molar-refractivity contribution in [2.24, 2.45) is 11.7 Å². The van der Waals surface area contributed by atoms with Crippen LogP contribution in [-0.4, -0.2) is 23.9 Å². The lowest BCUT2D eigenvalue weighted by Crippen LogP contribution is -2.48. The van der Waals surface area contributed by atoms with E-state index < -0.39 is 5.54 Å². The lowest BCUT2D eigenvalue weighted by Gasteiger charge is -2.28. The second-order valence-corrected chi connectivity index (χ2v) is 6.96. The van der Waals surface area contributed by atoms with E-state index in [1.165, 1.54) is 36.8 Å². The van der Waals surface area contributed by atoms with Gasteiger partial charge in [-0.2, -0.15) is 0 Å². The Balaban J connectivity index is 1.83. The zero-order valence-corrected chi connectivity index (χ0v) is 14.1. The van der Waals surface area contributed by atoms with Gasteiger partial charge in [0, 0.05) is 5.54 Å². The van der Waals surface area contributed by atoms with E-state index in [2.05, 4.69) is 25.1 Å². The first-order valence-corrected chi connectivity index (χ1v) is 8.71. The highest BCUT2D eigenvalue weighted by Crippen LogP contribution is 2.34. The van der Waals surface area contributed by atoms with Crippen molar-refractivity contribution in [3.63, 3.8) is 0 Å². The van der Waals surface area contributed by atoms with Crippen molar-refractivity contribution in [2.45, 2.75) is 64.3 Å². The summed E-state index contributed by atoms with van der Waals surface area (Å²) in [6.45, 7) is 5.01. The van der Waals surface area contributed by atoms with Gasteiger partial charge in [0.1, 0.15) is 5.75 Å². The molecule has 0 aromatic heterocycles. The third-order valence-electron chi connectivity index (χ3n) is 4.90. The van der Waals surface area contributed by atoms with Gasteiger partial charge in [-0.3, -0.25) is 0 Å². The quantitative estimate of drug-likeness (QED) is 0.687. The number of aliphatic hydroxyl groups excluding tert-OH is 1. The Kier molecular flexibility index (Phi) is 6.27. The van der Waals surface area contributed by atoms with Crippen LogP contribution in [0.3, 0.4) is 0 Å². The van der Waals surface area contributed by atoms with Gasteiger partial charge >= 0.3 is 0 Å². The highest BCUT2D eigenvalue weighted by Gasteiger charge is 2.34. The number of aliphatic hydroxyl groups is 1. The monoisotopic (exact) mass is 305 g/mol. The highest BCUT2D eigenvalue weighted by molar-refractivity contribution is 5.40. The zero-order valence-electron chi connectivity index (χ0n) is 14.1. The Bertz CT molecular complexity index is 471. The number of benzene rings is 1. The molecule has 2 rings (SSSR count). The largest absolute Gasteiger partial charge is 0.494 e. The summed E-state index contributed by atoms with van der Waals surface area (Å²) < 4.78 is 5.88. The SMILES string of the molecule is CCCCCCCOc1ccc2c(c1)C[C@H]([C@](C)(N)CO)C2. The van der Waals surface area contributed by atoms with Crippen molar-refractivity contribution in [1.82, 2.24) is 0 Å². The van der Waals surface area contributed by atoms with Crippen LogP contribution in [0, 0.1) is 5.92 Å². The lowest BCUT2D eigenvalue weighted by atomic mass is 9.85. The molecule has 0 unspecified atom stereocenters. The van der Waals surface area contributed by atoms with Crippen LogP contribution in [-0.2, 0) is 12.8 Å². The maximum atomic E-state index is 9.44. The summed E-state index contributed by atoms with van der Waals surface area (Å²) in [4.78, 5) is 0. The molecule has 3 N–H and O–H groups in total. The topological polar surface area (TPSA) is 55.5 Å². The molecule has 3 heteroatoms. The van der Waals surface area contributed by atoms with Crippen LogP contribution in [0.5, 0.6) is 5.75 Å². The van der Waals surface area contributed by atoms with Gasteiger partial charge in [-0.25, -0.2) is 0 Å². The Labute approximate surface area is 134 Å². The van der Waals surface area contributed by atoms with Crippen molar-refractivity contribution >= 4 is 0 Å². The number of rotatable bonds is 9. The Morgan fingerprint density at radius 3 is 2.64 bits per heavy atom. The number of hydrogen-bond donors (Lipinski definition) is 2. The van der Waals surface area contributed by atoms with Gasteiger partial charge in [0.25, 0.3) is 0 Å². The molecule has 0 amide bonds. The summed E-state index contributed by atoms with van der Waals surface area (Å²) in [5.74, 6) is 1.29. The molecule has 0 saturated heterocycles. The molecule has 2 atom stereocenters. The molecule has 1 aromatic rings. The van der Waals surface area contributed by atoms with Crippen LogP contribution in [0.4, 0.5) is 0 Å². The molecule has 124 valence electrons. The predicted octanol–water partition coefficient (Wildman–Crippen LogP) is 3.46. The van der Waals surface area contributed by atoms with E-state index in [1.54, 1.807) is 0 Å². The molecule has 22 heavy (non-hydrogen) atoms. The van der Waals surface area contributed by atoms with Crippen LogP contribution >= 0.6 is 0 Å². The smallest absolute Gasteiger partial charge is 0.119 e. The summed E-state index contributed by atoms with van der Waals surface area (Å²) in [5, 5.41) is 9.44. The molecule has 0 saturated carbocycles. The summed E-state index contributed by atoms with van der Waals surface area (Å²) in [5.41, 5.74) is 8.38. The molecule has 0 spiro atoms. The van der Waals surface area contributed by atoms with E-state index >= 15 is 0 Å². The van der Waals surface area contributed by atoms with E-state index in [-0.39, 0.29) is 6.61 Å². The zero-order chi connectivity index (χ0) is 16.0. The van der Waals surface area contributed by atoms with Gasteiger partial charge in [0.2, 0.25) is 0 Å². The van der Waals surface area contributed by atoms with Crippen molar-refractivity contribution in [1.29, 1.82) is 0 Å². The standard InChI is InChI=1S/C19H31NO2/c1-3-4-5-6-7-10-22-18-9-8-15-11-17(12-16(15)13-18)19(2,20)14-21/h8-9,13,17,21H,3-7,10-12,14,20H2,1-2H3/t17-,19-/m1/s1. The van der Waals surface area contributed by atoms with Crippen LogP contribution in [0.15, 0.2) is 18.2 Å². The molecule has 3 nitrogen and oxygen atoms in total. The van der Waals surface area contributed by atoms with Gasteiger partial charge in [-0.1, -0.05) is 38.7 Å². The molecule has 1 aromatic carbocycles. The van der Waals surface area contributed by atoms with Crippen molar-refractivity contribution in [3.05, 3.63) is 29.3 Å². The van der Waals surface area contributed by atoms with Crippen LogP contribution in [0.2, 0.25) is 0 Å². The molecular formula is C19H31NO2. The number of ether oxygens (including phenoxy) is 1. The lowest BCUT2D eigenvalue weighted by molar-refractivity contribution is 0.158. The second kappa shape index (κ2) is 7.98. The minimum Gasteiger partial charge on any atom is -0.494 e. The third-order valence-corrected chi connectivity index (χ3v) is 4.90. The summed E-state index contributed by atoms with van der Waals surface area (Å²) in [7, 11) is 0. The van der Waals surface area contributed by atoms with Crippen molar-refractivity contribution in [2.75, 3.05) is 13.2 Å². The minimum atomic E-state index is -0.501. The van der Waals surface area contributed by atoms with Gasteiger partial charge in [-0.05, 0) is 55.4 Å².